The zero-order valence-electron chi connectivity index (χ0n) is 13.2. The lowest BCUT2D eigenvalue weighted by Crippen LogP contribution is -2.39. The van der Waals surface area contributed by atoms with Gasteiger partial charge in [-0.1, -0.05) is 6.07 Å². The molecule has 3 rings (SSSR count). The maximum atomic E-state index is 13.6. The first-order chi connectivity index (χ1) is 11.6. The van der Waals surface area contributed by atoms with E-state index in [1.807, 2.05) is 18.2 Å². The molecule has 1 aliphatic heterocycles. The molecule has 2 aromatic rings. The van der Waals surface area contributed by atoms with Crippen molar-refractivity contribution < 1.29 is 13.6 Å². The Morgan fingerprint density at radius 2 is 2.00 bits per heavy atom. The summed E-state index contributed by atoms with van der Waals surface area (Å²) in [7, 11) is 0. The molecule has 0 spiro atoms. The molecule has 1 aromatic carbocycles. The molecule has 0 bridgehead atoms. The van der Waals surface area contributed by atoms with Gasteiger partial charge in [0.25, 0.3) is 5.91 Å². The van der Waals surface area contributed by atoms with Gasteiger partial charge in [0, 0.05) is 31.9 Å². The van der Waals surface area contributed by atoms with E-state index in [2.05, 4.69) is 15.2 Å². The van der Waals surface area contributed by atoms with E-state index in [1.165, 1.54) is 6.07 Å². The van der Waals surface area contributed by atoms with Crippen molar-refractivity contribution in [3.63, 3.8) is 0 Å². The predicted octanol–water partition coefficient (Wildman–Crippen LogP) is 3.01. The largest absolute Gasteiger partial charge is 0.357 e. The molecular formula is C18H19F2N3O. The summed E-state index contributed by atoms with van der Waals surface area (Å²) < 4.78 is 26.5. The number of benzene rings is 1. The SMILES string of the molecule is O=C(NCC1CCN(c2ccccn2)CC1)c1ccc(F)cc1F. The zero-order chi connectivity index (χ0) is 16.9. The van der Waals surface area contributed by atoms with Crippen molar-refractivity contribution in [1.29, 1.82) is 0 Å². The van der Waals surface area contributed by atoms with Crippen LogP contribution in [0.25, 0.3) is 0 Å². The first kappa shape index (κ1) is 16.4. The van der Waals surface area contributed by atoms with Crippen LogP contribution in [0.15, 0.2) is 42.6 Å². The van der Waals surface area contributed by atoms with E-state index in [0.717, 1.165) is 43.9 Å². The molecule has 0 aliphatic carbocycles. The number of carbonyl (C=O) groups is 1. The lowest BCUT2D eigenvalue weighted by molar-refractivity contribution is 0.0940. The number of nitrogens with zero attached hydrogens (tertiary/aromatic N) is 2. The van der Waals surface area contributed by atoms with E-state index in [0.29, 0.717) is 12.5 Å². The van der Waals surface area contributed by atoms with Gasteiger partial charge in [-0.15, -0.1) is 0 Å². The summed E-state index contributed by atoms with van der Waals surface area (Å²) >= 11 is 0. The normalized spacial score (nSPS) is 15.3. The first-order valence-electron chi connectivity index (χ1n) is 8.02. The molecular weight excluding hydrogens is 312 g/mol. The van der Waals surface area contributed by atoms with E-state index in [1.54, 1.807) is 6.20 Å². The van der Waals surface area contributed by atoms with E-state index in [-0.39, 0.29) is 5.56 Å². The Kier molecular flexibility index (Phi) is 5.03. The topological polar surface area (TPSA) is 45.2 Å². The van der Waals surface area contributed by atoms with Crippen LogP contribution in [0.2, 0.25) is 0 Å². The van der Waals surface area contributed by atoms with Crippen LogP contribution in [0.3, 0.4) is 0 Å². The number of rotatable bonds is 4. The number of pyridine rings is 1. The third-order valence-electron chi connectivity index (χ3n) is 4.31. The smallest absolute Gasteiger partial charge is 0.254 e. The summed E-state index contributed by atoms with van der Waals surface area (Å²) in [5, 5.41) is 2.75. The van der Waals surface area contributed by atoms with Crippen molar-refractivity contribution in [2.24, 2.45) is 5.92 Å². The molecule has 1 saturated heterocycles. The summed E-state index contributed by atoms with van der Waals surface area (Å²) in [5.74, 6) is -0.714. The van der Waals surface area contributed by atoms with Crippen molar-refractivity contribution in [2.45, 2.75) is 12.8 Å². The van der Waals surface area contributed by atoms with Gasteiger partial charge in [0.2, 0.25) is 0 Å². The lowest BCUT2D eigenvalue weighted by atomic mass is 9.96. The van der Waals surface area contributed by atoms with E-state index in [9.17, 15) is 13.6 Å². The minimum atomic E-state index is -0.836. The molecule has 0 unspecified atom stereocenters. The van der Waals surface area contributed by atoms with Crippen molar-refractivity contribution >= 4 is 11.7 Å². The average Bonchev–Trinajstić information content (AvgIpc) is 2.61. The van der Waals surface area contributed by atoms with Gasteiger partial charge >= 0.3 is 0 Å². The lowest BCUT2D eigenvalue weighted by Gasteiger charge is -2.32. The second kappa shape index (κ2) is 7.38. The van der Waals surface area contributed by atoms with Crippen LogP contribution in [-0.2, 0) is 0 Å². The molecule has 1 aromatic heterocycles. The molecule has 6 heteroatoms. The van der Waals surface area contributed by atoms with Crippen LogP contribution in [0, 0.1) is 17.6 Å². The standard InChI is InChI=1S/C18H19F2N3O/c19-14-4-5-15(16(20)11-14)18(24)22-12-13-6-9-23(10-7-13)17-3-1-2-8-21-17/h1-5,8,11,13H,6-7,9-10,12H2,(H,22,24). The second-order valence-electron chi connectivity index (χ2n) is 5.95. The third kappa shape index (κ3) is 3.88. The number of anilines is 1. The molecule has 1 amide bonds. The molecule has 1 aliphatic rings. The number of aromatic nitrogens is 1. The Bertz CT molecular complexity index is 701. The molecule has 1 N–H and O–H groups in total. The van der Waals surface area contributed by atoms with Crippen molar-refractivity contribution in [3.05, 3.63) is 59.8 Å². The van der Waals surface area contributed by atoms with Crippen LogP contribution >= 0.6 is 0 Å². The average molecular weight is 331 g/mol. The molecule has 4 nitrogen and oxygen atoms in total. The Morgan fingerprint density at radius 1 is 1.21 bits per heavy atom. The first-order valence-corrected chi connectivity index (χ1v) is 8.02. The van der Waals surface area contributed by atoms with Gasteiger partial charge in [0.05, 0.1) is 5.56 Å². The van der Waals surface area contributed by atoms with Gasteiger partial charge < -0.3 is 10.2 Å². The van der Waals surface area contributed by atoms with E-state index in [4.69, 9.17) is 0 Å². The molecule has 2 heterocycles. The molecule has 0 atom stereocenters. The van der Waals surface area contributed by atoms with E-state index < -0.39 is 17.5 Å². The van der Waals surface area contributed by atoms with Crippen LogP contribution in [-0.4, -0.2) is 30.5 Å². The Balaban J connectivity index is 1.49. The Hall–Kier alpha value is -2.50. The molecule has 0 saturated carbocycles. The number of amides is 1. The van der Waals surface area contributed by atoms with Crippen LogP contribution in [0.4, 0.5) is 14.6 Å². The Morgan fingerprint density at radius 3 is 2.67 bits per heavy atom. The van der Waals surface area contributed by atoms with Crippen molar-refractivity contribution in [2.75, 3.05) is 24.5 Å². The fraction of sp³-hybridized carbons (Fsp3) is 0.333. The predicted molar refractivity (Wildman–Crippen MR) is 87.9 cm³/mol. The summed E-state index contributed by atoms with van der Waals surface area (Å²) in [6, 6.07) is 8.82. The minimum Gasteiger partial charge on any atom is -0.357 e. The van der Waals surface area contributed by atoms with Crippen LogP contribution in [0.5, 0.6) is 0 Å². The van der Waals surface area contributed by atoms with Gasteiger partial charge in [0.15, 0.2) is 0 Å². The molecule has 0 radical (unpaired) electrons. The number of hydrogen-bond donors (Lipinski definition) is 1. The highest BCUT2D eigenvalue weighted by atomic mass is 19.1. The summed E-state index contributed by atoms with van der Waals surface area (Å²) in [6.07, 6.45) is 3.64. The highest BCUT2D eigenvalue weighted by Crippen LogP contribution is 2.21. The van der Waals surface area contributed by atoms with Crippen molar-refractivity contribution in [1.82, 2.24) is 10.3 Å². The van der Waals surface area contributed by atoms with Crippen molar-refractivity contribution in [3.8, 4) is 0 Å². The zero-order valence-corrected chi connectivity index (χ0v) is 13.2. The number of piperidine rings is 1. The van der Waals surface area contributed by atoms with Gasteiger partial charge in [0.1, 0.15) is 17.5 Å². The number of halogens is 2. The maximum Gasteiger partial charge on any atom is 0.254 e. The number of hydrogen-bond acceptors (Lipinski definition) is 3. The highest BCUT2D eigenvalue weighted by molar-refractivity contribution is 5.94. The summed E-state index contributed by atoms with van der Waals surface area (Å²) in [6.45, 7) is 2.25. The second-order valence-corrected chi connectivity index (χ2v) is 5.95. The fourth-order valence-electron chi connectivity index (χ4n) is 2.91. The fourth-order valence-corrected chi connectivity index (χ4v) is 2.91. The summed E-state index contributed by atoms with van der Waals surface area (Å²) in [5.41, 5.74) is -0.123. The van der Waals surface area contributed by atoms with Gasteiger partial charge in [-0.2, -0.15) is 0 Å². The monoisotopic (exact) mass is 331 g/mol. The third-order valence-corrected chi connectivity index (χ3v) is 4.31. The minimum absolute atomic E-state index is 0.123. The molecule has 126 valence electrons. The Labute approximate surface area is 139 Å². The van der Waals surface area contributed by atoms with Crippen LogP contribution < -0.4 is 10.2 Å². The molecule has 1 fully saturated rings. The number of nitrogens with one attached hydrogen (secondary N) is 1. The molecule has 24 heavy (non-hydrogen) atoms. The van der Waals surface area contributed by atoms with Gasteiger partial charge in [-0.3, -0.25) is 4.79 Å². The van der Waals surface area contributed by atoms with Crippen LogP contribution in [0.1, 0.15) is 23.2 Å². The maximum absolute atomic E-state index is 13.6. The quantitative estimate of drug-likeness (QED) is 0.937. The van der Waals surface area contributed by atoms with E-state index >= 15 is 0 Å². The highest BCUT2D eigenvalue weighted by Gasteiger charge is 2.21. The van der Waals surface area contributed by atoms with Gasteiger partial charge in [-0.05, 0) is 43.0 Å². The summed E-state index contributed by atoms with van der Waals surface area (Å²) in [4.78, 5) is 18.6. The number of carbonyl (C=O) groups excluding carboxylic acids is 1. The van der Waals surface area contributed by atoms with Gasteiger partial charge in [-0.25, -0.2) is 13.8 Å².